The molecule has 5 nitrogen and oxygen atoms in total. The van der Waals surface area contributed by atoms with Crippen molar-refractivity contribution in [2.75, 3.05) is 13.7 Å². The van der Waals surface area contributed by atoms with Crippen LogP contribution in [0.3, 0.4) is 0 Å². The maximum atomic E-state index is 12.0. The van der Waals surface area contributed by atoms with Crippen molar-refractivity contribution >= 4 is 35.1 Å². The lowest BCUT2D eigenvalue weighted by Gasteiger charge is -2.09. The number of benzene rings is 2. The van der Waals surface area contributed by atoms with Crippen molar-refractivity contribution in [1.29, 1.82) is 0 Å². The molecule has 0 atom stereocenters. The van der Waals surface area contributed by atoms with Crippen molar-refractivity contribution in [3.63, 3.8) is 0 Å². The lowest BCUT2D eigenvalue weighted by molar-refractivity contribution is -0.143. The molecule has 0 fully saturated rings. The molecule has 0 aliphatic carbocycles. The van der Waals surface area contributed by atoms with Crippen LogP contribution in [0.25, 0.3) is 0 Å². The van der Waals surface area contributed by atoms with Gasteiger partial charge in [-0.05, 0) is 30.3 Å². The minimum atomic E-state index is -0.595. The quantitative estimate of drug-likeness (QED) is 0.793. The summed E-state index contributed by atoms with van der Waals surface area (Å²) in [5.41, 5.74) is 0.907. The maximum Gasteiger partial charge on any atom is 0.325 e. The molecule has 0 radical (unpaired) electrons. The van der Waals surface area contributed by atoms with Crippen LogP contribution in [-0.2, 0) is 16.1 Å². The molecular weight excluding hydrogens is 353 g/mol. The Kier molecular flexibility index (Phi) is 6.46. The molecular formula is C17H15Cl2NO4. The summed E-state index contributed by atoms with van der Waals surface area (Å²) in [4.78, 5) is 23.7. The van der Waals surface area contributed by atoms with E-state index in [1.807, 2.05) is 0 Å². The van der Waals surface area contributed by atoms with Gasteiger partial charge in [0.05, 0.1) is 7.11 Å². The van der Waals surface area contributed by atoms with Gasteiger partial charge in [0.1, 0.15) is 18.9 Å². The van der Waals surface area contributed by atoms with Gasteiger partial charge in [-0.1, -0.05) is 35.3 Å². The number of amides is 1. The smallest absolute Gasteiger partial charge is 0.325 e. The molecule has 0 saturated heterocycles. The van der Waals surface area contributed by atoms with Gasteiger partial charge in [0.25, 0.3) is 5.91 Å². The lowest BCUT2D eigenvalue weighted by Crippen LogP contribution is -2.30. The number of ether oxygens (including phenoxy) is 2. The summed E-state index contributed by atoms with van der Waals surface area (Å²) in [5.74, 6) is -0.442. The third kappa shape index (κ3) is 4.88. The highest BCUT2D eigenvalue weighted by Gasteiger charge is 2.12. The van der Waals surface area contributed by atoms with E-state index in [2.05, 4.69) is 5.32 Å². The van der Waals surface area contributed by atoms with E-state index in [9.17, 15) is 9.59 Å². The summed E-state index contributed by atoms with van der Waals surface area (Å²) in [6.07, 6.45) is 0. The number of methoxy groups -OCH3 is 1. The van der Waals surface area contributed by atoms with E-state index in [4.69, 9.17) is 32.7 Å². The highest BCUT2D eigenvalue weighted by atomic mass is 35.5. The van der Waals surface area contributed by atoms with E-state index >= 15 is 0 Å². The Morgan fingerprint density at radius 2 is 1.75 bits per heavy atom. The number of rotatable bonds is 6. The molecule has 0 bridgehead atoms. The second-order valence-electron chi connectivity index (χ2n) is 4.78. The van der Waals surface area contributed by atoms with E-state index in [1.54, 1.807) is 42.5 Å². The van der Waals surface area contributed by atoms with Crippen molar-refractivity contribution in [3.8, 4) is 5.75 Å². The topological polar surface area (TPSA) is 64.6 Å². The highest BCUT2D eigenvalue weighted by Crippen LogP contribution is 2.24. The first-order valence-corrected chi connectivity index (χ1v) is 7.77. The third-order valence-corrected chi connectivity index (χ3v) is 3.87. The van der Waals surface area contributed by atoms with Crippen molar-refractivity contribution in [3.05, 3.63) is 63.6 Å². The molecule has 1 N–H and O–H groups in total. The molecule has 2 rings (SSSR count). The van der Waals surface area contributed by atoms with Gasteiger partial charge in [0.15, 0.2) is 0 Å². The highest BCUT2D eigenvalue weighted by molar-refractivity contribution is 6.35. The Bertz CT molecular complexity index is 729. The number of carbonyl (C=O) groups excluding carboxylic acids is 2. The van der Waals surface area contributed by atoms with Gasteiger partial charge in [0.2, 0.25) is 0 Å². The van der Waals surface area contributed by atoms with Crippen LogP contribution >= 0.6 is 23.2 Å². The van der Waals surface area contributed by atoms with Crippen molar-refractivity contribution in [2.24, 2.45) is 0 Å². The second kappa shape index (κ2) is 8.57. The first kappa shape index (κ1) is 18.1. The summed E-state index contributed by atoms with van der Waals surface area (Å²) < 4.78 is 10.1. The minimum absolute atomic E-state index is 0.0631. The molecule has 7 heteroatoms. The van der Waals surface area contributed by atoms with E-state index < -0.39 is 11.9 Å². The predicted octanol–water partition coefficient (Wildman–Crippen LogP) is 3.48. The van der Waals surface area contributed by atoms with Crippen molar-refractivity contribution in [1.82, 2.24) is 5.32 Å². The zero-order valence-electron chi connectivity index (χ0n) is 12.8. The van der Waals surface area contributed by atoms with Crippen LogP contribution in [0.1, 0.15) is 15.9 Å². The summed E-state index contributed by atoms with van der Waals surface area (Å²) in [5, 5.41) is 3.31. The lowest BCUT2D eigenvalue weighted by atomic mass is 10.2. The van der Waals surface area contributed by atoms with Gasteiger partial charge in [-0.25, -0.2) is 0 Å². The van der Waals surface area contributed by atoms with Crippen LogP contribution in [0.15, 0.2) is 42.5 Å². The Morgan fingerprint density at radius 3 is 2.42 bits per heavy atom. The van der Waals surface area contributed by atoms with Crippen molar-refractivity contribution in [2.45, 2.75) is 6.61 Å². The Balaban J connectivity index is 1.85. The first-order valence-electron chi connectivity index (χ1n) is 7.02. The molecule has 2 aromatic carbocycles. The van der Waals surface area contributed by atoms with Gasteiger partial charge >= 0.3 is 5.97 Å². The Morgan fingerprint density at radius 1 is 1.08 bits per heavy atom. The standard InChI is InChI=1S/C17H15Cl2NO4/c1-23-12-5-2-4-11(8-12)17(22)20-9-16(21)24-10-13-14(18)6-3-7-15(13)19/h2-8H,9-10H2,1H3,(H,20,22). The molecule has 24 heavy (non-hydrogen) atoms. The average Bonchev–Trinajstić information content (AvgIpc) is 2.59. The molecule has 126 valence electrons. The summed E-state index contributed by atoms with van der Waals surface area (Å²) >= 11 is 12.0. The largest absolute Gasteiger partial charge is 0.497 e. The van der Waals surface area contributed by atoms with Crippen LogP contribution in [0.4, 0.5) is 0 Å². The number of hydrogen-bond acceptors (Lipinski definition) is 4. The number of hydrogen-bond donors (Lipinski definition) is 1. The molecule has 2 aromatic rings. The molecule has 0 saturated carbocycles. The summed E-state index contributed by atoms with van der Waals surface area (Å²) in [7, 11) is 1.51. The van der Waals surface area contributed by atoms with E-state index in [0.717, 1.165) is 0 Å². The molecule has 0 spiro atoms. The van der Waals surface area contributed by atoms with Gasteiger partial charge in [-0.2, -0.15) is 0 Å². The zero-order valence-corrected chi connectivity index (χ0v) is 14.4. The summed E-state index contributed by atoms with van der Waals surface area (Å²) in [6, 6.07) is 11.6. The van der Waals surface area contributed by atoms with Gasteiger partial charge in [0, 0.05) is 21.2 Å². The molecule has 0 aromatic heterocycles. The molecule has 0 aliphatic heterocycles. The number of esters is 1. The van der Waals surface area contributed by atoms with Gasteiger partial charge in [-0.15, -0.1) is 0 Å². The third-order valence-electron chi connectivity index (χ3n) is 3.16. The summed E-state index contributed by atoms with van der Waals surface area (Å²) in [6.45, 7) is -0.329. The number of halogens is 2. The zero-order chi connectivity index (χ0) is 17.5. The molecule has 0 aliphatic rings. The van der Waals surface area contributed by atoms with Crippen LogP contribution < -0.4 is 10.1 Å². The van der Waals surface area contributed by atoms with Crippen LogP contribution in [0.5, 0.6) is 5.75 Å². The molecule has 1 amide bonds. The Labute approximate surface area is 149 Å². The van der Waals surface area contributed by atoms with E-state index in [0.29, 0.717) is 26.9 Å². The normalized spacial score (nSPS) is 10.1. The second-order valence-corrected chi connectivity index (χ2v) is 5.59. The van der Waals surface area contributed by atoms with E-state index in [1.165, 1.54) is 7.11 Å². The van der Waals surface area contributed by atoms with Gasteiger partial charge < -0.3 is 14.8 Å². The fraction of sp³-hybridized carbons (Fsp3) is 0.176. The first-order chi connectivity index (χ1) is 11.5. The predicted molar refractivity (Wildman–Crippen MR) is 91.6 cm³/mol. The fourth-order valence-corrected chi connectivity index (χ4v) is 2.40. The van der Waals surface area contributed by atoms with Crippen LogP contribution in [-0.4, -0.2) is 25.5 Å². The monoisotopic (exact) mass is 367 g/mol. The molecule has 0 heterocycles. The number of carbonyl (C=O) groups is 2. The van der Waals surface area contributed by atoms with Crippen LogP contribution in [0.2, 0.25) is 10.0 Å². The van der Waals surface area contributed by atoms with Crippen molar-refractivity contribution < 1.29 is 19.1 Å². The van der Waals surface area contributed by atoms with Crippen LogP contribution in [0, 0.1) is 0 Å². The average molecular weight is 368 g/mol. The Hall–Kier alpha value is -2.24. The fourth-order valence-electron chi connectivity index (χ4n) is 1.89. The number of nitrogens with one attached hydrogen (secondary N) is 1. The van der Waals surface area contributed by atoms with Gasteiger partial charge in [-0.3, -0.25) is 9.59 Å². The van der Waals surface area contributed by atoms with E-state index in [-0.39, 0.29) is 13.2 Å². The maximum absolute atomic E-state index is 12.0. The SMILES string of the molecule is COc1cccc(C(=O)NCC(=O)OCc2c(Cl)cccc2Cl)c1. The molecule has 0 unspecified atom stereocenters. The minimum Gasteiger partial charge on any atom is -0.497 e.